The summed E-state index contributed by atoms with van der Waals surface area (Å²) in [5, 5.41) is 4.67. The lowest BCUT2D eigenvalue weighted by atomic mass is 9.76. The minimum absolute atomic E-state index is 0.134. The van der Waals surface area contributed by atoms with Crippen LogP contribution in [0.25, 0.3) is 21.8 Å². The van der Waals surface area contributed by atoms with Crippen molar-refractivity contribution in [3.63, 3.8) is 0 Å². The first kappa shape index (κ1) is 22.2. The quantitative estimate of drug-likeness (QED) is 0.275. The van der Waals surface area contributed by atoms with Crippen LogP contribution in [0.2, 0.25) is 0 Å². The number of nitrogens with zero attached hydrogens (tertiary/aromatic N) is 2. The lowest BCUT2D eigenvalue weighted by Gasteiger charge is -2.40. The largest absolute Gasteiger partial charge is 0.497 e. The minimum Gasteiger partial charge on any atom is -0.497 e. The van der Waals surface area contributed by atoms with Crippen molar-refractivity contribution >= 4 is 21.8 Å². The third kappa shape index (κ3) is 3.83. The Morgan fingerprint density at radius 1 is 1.06 bits per heavy atom. The number of nitrogens with two attached hydrogens (primary N) is 1. The van der Waals surface area contributed by atoms with Gasteiger partial charge in [0.15, 0.2) is 0 Å². The third-order valence-electron chi connectivity index (χ3n) is 6.54. The second-order valence-corrected chi connectivity index (χ2v) is 8.19. The summed E-state index contributed by atoms with van der Waals surface area (Å²) in [6, 6.07) is 10.1. The smallest absolute Gasteiger partial charge is 0.393 e. The molecule has 3 aromatic rings. The molecule has 1 aliphatic carbocycles. The van der Waals surface area contributed by atoms with Gasteiger partial charge in [-0.15, -0.1) is 0 Å². The highest BCUT2D eigenvalue weighted by Gasteiger charge is 2.49. The van der Waals surface area contributed by atoms with Gasteiger partial charge in [-0.1, -0.05) is 5.22 Å². The van der Waals surface area contributed by atoms with Gasteiger partial charge in [0, 0.05) is 27.8 Å². The van der Waals surface area contributed by atoms with Gasteiger partial charge < -0.3 is 19.8 Å². The SMILES string of the molecule is COc1ccc2c(c1)c1cc(OC)ccc1n2C1CC[C@H](C(N)NN=N)CC1C(F)(F)F. The Balaban J connectivity index is 1.87. The lowest BCUT2D eigenvalue weighted by molar-refractivity contribution is -0.198. The molecule has 1 aliphatic rings. The van der Waals surface area contributed by atoms with Gasteiger partial charge in [-0.25, -0.2) is 0 Å². The standard InChI is InChI=1S/C22H26F3N5O2/c1-31-13-4-7-18-15(10-13)16-11-14(32-2)5-8-19(16)30(18)20-6-3-12(21(26)28-29-27)9-17(20)22(23,24)25/h4-5,7-8,10-12,17,20-21H,3,6,9,26H2,1-2H3,(H2,27,28)/t12-,17?,20?,21?/m0/s1. The van der Waals surface area contributed by atoms with E-state index in [-0.39, 0.29) is 6.42 Å². The fraction of sp³-hybridized carbons (Fsp3) is 0.455. The van der Waals surface area contributed by atoms with Crippen LogP contribution in [0, 0.1) is 17.4 Å². The first-order valence-electron chi connectivity index (χ1n) is 10.4. The van der Waals surface area contributed by atoms with Crippen LogP contribution in [0.3, 0.4) is 0 Å². The molecule has 2 aromatic carbocycles. The highest BCUT2D eigenvalue weighted by molar-refractivity contribution is 6.09. The monoisotopic (exact) mass is 449 g/mol. The number of hydrogen-bond donors (Lipinski definition) is 3. The Kier molecular flexibility index (Phi) is 5.89. The number of benzene rings is 2. The summed E-state index contributed by atoms with van der Waals surface area (Å²) in [6.45, 7) is 0. The van der Waals surface area contributed by atoms with Crippen LogP contribution in [0.15, 0.2) is 41.6 Å². The Hall–Kier alpha value is -3.01. The van der Waals surface area contributed by atoms with E-state index in [1.165, 1.54) is 0 Å². The van der Waals surface area contributed by atoms with Gasteiger partial charge in [-0.05, 0) is 61.6 Å². The van der Waals surface area contributed by atoms with E-state index in [0.29, 0.717) is 24.3 Å². The van der Waals surface area contributed by atoms with Crippen molar-refractivity contribution < 1.29 is 22.6 Å². The Morgan fingerprint density at radius 2 is 1.62 bits per heavy atom. The maximum Gasteiger partial charge on any atom is 0.393 e. The van der Waals surface area contributed by atoms with Gasteiger partial charge in [0.1, 0.15) is 11.5 Å². The Morgan fingerprint density at radius 3 is 2.09 bits per heavy atom. The number of methoxy groups -OCH3 is 2. The van der Waals surface area contributed by atoms with E-state index >= 15 is 0 Å². The molecule has 0 spiro atoms. The molecule has 1 aromatic heterocycles. The van der Waals surface area contributed by atoms with Gasteiger partial charge in [-0.3, -0.25) is 5.43 Å². The number of rotatable bonds is 6. The van der Waals surface area contributed by atoms with Crippen LogP contribution >= 0.6 is 0 Å². The predicted octanol–water partition coefficient (Wildman–Crippen LogP) is 5.15. The van der Waals surface area contributed by atoms with Gasteiger partial charge in [-0.2, -0.15) is 18.7 Å². The fourth-order valence-corrected chi connectivity index (χ4v) is 4.98. The lowest BCUT2D eigenvalue weighted by Crippen LogP contribution is -2.47. The maximum atomic E-state index is 14.3. The molecule has 4 rings (SSSR count). The molecule has 0 amide bonds. The molecule has 0 radical (unpaired) electrons. The molecule has 1 fully saturated rings. The number of ether oxygens (including phenoxy) is 2. The topological polar surface area (TPSA) is 97.7 Å². The number of aromatic nitrogens is 1. The van der Waals surface area contributed by atoms with Crippen molar-refractivity contribution in [2.75, 3.05) is 14.2 Å². The normalized spacial score (nSPS) is 22.6. The molecule has 0 bridgehead atoms. The van der Waals surface area contributed by atoms with E-state index in [1.54, 1.807) is 26.4 Å². The van der Waals surface area contributed by atoms with Crippen LogP contribution in [0.5, 0.6) is 11.5 Å². The van der Waals surface area contributed by atoms with Crippen LogP contribution in [0.1, 0.15) is 25.3 Å². The molecule has 3 unspecified atom stereocenters. The Bertz CT molecular complexity index is 1070. The van der Waals surface area contributed by atoms with E-state index in [4.69, 9.17) is 20.7 Å². The molecule has 172 valence electrons. The number of halogens is 3. The summed E-state index contributed by atoms with van der Waals surface area (Å²) in [5.74, 6) is -0.749. The van der Waals surface area contributed by atoms with Crippen LogP contribution < -0.4 is 20.6 Å². The molecule has 4 N–H and O–H groups in total. The second-order valence-electron chi connectivity index (χ2n) is 8.19. The number of nitrogens with one attached hydrogen (secondary N) is 2. The van der Waals surface area contributed by atoms with Crippen molar-refractivity contribution in [1.29, 1.82) is 5.53 Å². The predicted molar refractivity (Wildman–Crippen MR) is 115 cm³/mol. The molecular formula is C22H26F3N5O2. The number of fused-ring (bicyclic) bond motifs is 3. The summed E-state index contributed by atoms with van der Waals surface area (Å²) < 4.78 is 55.3. The summed E-state index contributed by atoms with van der Waals surface area (Å²) in [4.78, 5) is 0. The number of hydrogen-bond acceptors (Lipinski definition) is 5. The zero-order chi connectivity index (χ0) is 23.0. The fourth-order valence-electron chi connectivity index (χ4n) is 4.98. The van der Waals surface area contributed by atoms with Crippen molar-refractivity contribution in [2.24, 2.45) is 22.8 Å². The molecule has 32 heavy (non-hydrogen) atoms. The third-order valence-corrected chi connectivity index (χ3v) is 6.54. The van der Waals surface area contributed by atoms with E-state index in [0.717, 1.165) is 21.8 Å². The van der Waals surface area contributed by atoms with Crippen LogP contribution in [-0.2, 0) is 0 Å². The van der Waals surface area contributed by atoms with Crippen molar-refractivity contribution in [3.05, 3.63) is 36.4 Å². The van der Waals surface area contributed by atoms with E-state index in [1.807, 2.05) is 28.8 Å². The molecule has 0 aliphatic heterocycles. The van der Waals surface area contributed by atoms with Gasteiger partial charge in [0.05, 0.1) is 26.3 Å². The first-order valence-corrected chi connectivity index (χ1v) is 10.4. The van der Waals surface area contributed by atoms with E-state index in [2.05, 4.69) is 10.6 Å². The zero-order valence-corrected chi connectivity index (χ0v) is 17.8. The molecule has 4 atom stereocenters. The molecule has 1 saturated carbocycles. The average molecular weight is 449 g/mol. The van der Waals surface area contributed by atoms with Gasteiger partial charge >= 0.3 is 6.18 Å². The molecule has 10 heteroatoms. The second kappa shape index (κ2) is 8.50. The average Bonchev–Trinajstić information content (AvgIpc) is 3.10. The summed E-state index contributed by atoms with van der Waals surface area (Å²) in [6.07, 6.45) is -4.52. The first-order chi connectivity index (χ1) is 15.3. The Labute approximate surface area is 183 Å². The molecule has 0 saturated heterocycles. The molecule has 1 heterocycles. The maximum absolute atomic E-state index is 14.3. The number of alkyl halides is 3. The van der Waals surface area contributed by atoms with Crippen molar-refractivity contribution in [1.82, 2.24) is 9.99 Å². The zero-order valence-electron chi connectivity index (χ0n) is 17.8. The summed E-state index contributed by atoms with van der Waals surface area (Å²) in [5.41, 5.74) is 16.7. The van der Waals surface area contributed by atoms with E-state index in [9.17, 15) is 13.2 Å². The van der Waals surface area contributed by atoms with Crippen LogP contribution in [0.4, 0.5) is 13.2 Å². The highest BCUT2D eigenvalue weighted by atomic mass is 19.4. The minimum atomic E-state index is -4.40. The molecular weight excluding hydrogens is 423 g/mol. The molecule has 7 nitrogen and oxygen atoms in total. The summed E-state index contributed by atoms with van der Waals surface area (Å²) >= 11 is 0. The van der Waals surface area contributed by atoms with Crippen molar-refractivity contribution in [3.8, 4) is 11.5 Å². The highest BCUT2D eigenvalue weighted by Crippen LogP contribution is 2.49. The van der Waals surface area contributed by atoms with Crippen molar-refractivity contribution in [2.45, 2.75) is 37.6 Å². The van der Waals surface area contributed by atoms with Crippen LogP contribution in [-0.4, -0.2) is 31.1 Å². The summed E-state index contributed by atoms with van der Waals surface area (Å²) in [7, 11) is 3.12. The van der Waals surface area contributed by atoms with E-state index < -0.39 is 30.2 Å². The van der Waals surface area contributed by atoms with Gasteiger partial charge in [0.25, 0.3) is 0 Å². The van der Waals surface area contributed by atoms with Gasteiger partial charge in [0.2, 0.25) is 0 Å².